The van der Waals surface area contributed by atoms with Gasteiger partial charge in [-0.3, -0.25) is 4.68 Å². The fraction of sp³-hybridized carbons (Fsp3) is 0.769. The standard InChI is InChI=1S/C13H20F3N3/c1-12(2,3)17-8-9-4-5-10(9)19-7-6-11(18-19)13(14,15)16/h6-7,9-10,17H,4-5,8H2,1-3H3. The molecule has 0 amide bonds. The molecule has 1 aliphatic carbocycles. The maximum atomic E-state index is 12.5. The first-order valence-electron chi connectivity index (χ1n) is 6.54. The van der Waals surface area contributed by atoms with Gasteiger partial charge in [0.2, 0.25) is 0 Å². The molecule has 1 fully saturated rings. The van der Waals surface area contributed by atoms with Gasteiger partial charge < -0.3 is 5.32 Å². The van der Waals surface area contributed by atoms with Gasteiger partial charge in [0.15, 0.2) is 5.69 Å². The fourth-order valence-corrected chi connectivity index (χ4v) is 2.25. The number of nitrogens with zero attached hydrogens (tertiary/aromatic N) is 2. The maximum Gasteiger partial charge on any atom is 0.435 e. The molecule has 1 saturated carbocycles. The Morgan fingerprint density at radius 3 is 2.42 bits per heavy atom. The summed E-state index contributed by atoms with van der Waals surface area (Å²) in [5, 5.41) is 7.06. The Morgan fingerprint density at radius 2 is 2.00 bits per heavy atom. The predicted octanol–water partition coefficient (Wildman–Crippen LogP) is 3.24. The lowest BCUT2D eigenvalue weighted by Crippen LogP contribution is -2.44. The van der Waals surface area contributed by atoms with E-state index < -0.39 is 11.9 Å². The second-order valence-corrected chi connectivity index (χ2v) is 6.21. The molecule has 2 atom stereocenters. The van der Waals surface area contributed by atoms with E-state index in [4.69, 9.17) is 0 Å². The van der Waals surface area contributed by atoms with E-state index in [1.807, 2.05) is 0 Å². The summed E-state index contributed by atoms with van der Waals surface area (Å²) in [7, 11) is 0. The zero-order valence-electron chi connectivity index (χ0n) is 11.5. The molecule has 1 heterocycles. The van der Waals surface area contributed by atoms with Gasteiger partial charge >= 0.3 is 6.18 Å². The quantitative estimate of drug-likeness (QED) is 0.917. The highest BCUT2D eigenvalue weighted by Crippen LogP contribution is 2.39. The molecular formula is C13H20F3N3. The van der Waals surface area contributed by atoms with Crippen molar-refractivity contribution in [1.82, 2.24) is 15.1 Å². The van der Waals surface area contributed by atoms with E-state index in [2.05, 4.69) is 31.2 Å². The summed E-state index contributed by atoms with van der Waals surface area (Å²) in [5.74, 6) is 0.361. The molecule has 1 N–H and O–H groups in total. The summed E-state index contributed by atoms with van der Waals surface area (Å²) < 4.78 is 39.0. The van der Waals surface area contributed by atoms with Crippen molar-refractivity contribution in [2.24, 2.45) is 5.92 Å². The highest BCUT2D eigenvalue weighted by atomic mass is 19.4. The third-order valence-electron chi connectivity index (χ3n) is 3.51. The minimum absolute atomic E-state index is 0.0292. The SMILES string of the molecule is CC(C)(C)NCC1CCC1n1ccc(C(F)(F)F)n1. The van der Waals surface area contributed by atoms with E-state index in [1.165, 1.54) is 10.9 Å². The van der Waals surface area contributed by atoms with E-state index in [0.717, 1.165) is 25.5 Å². The van der Waals surface area contributed by atoms with Gasteiger partial charge in [-0.1, -0.05) is 0 Å². The van der Waals surface area contributed by atoms with Crippen LogP contribution in [0.2, 0.25) is 0 Å². The lowest BCUT2D eigenvalue weighted by Gasteiger charge is -2.38. The van der Waals surface area contributed by atoms with E-state index in [9.17, 15) is 13.2 Å². The fourth-order valence-electron chi connectivity index (χ4n) is 2.25. The Balaban J connectivity index is 1.97. The molecule has 0 aromatic carbocycles. The maximum absolute atomic E-state index is 12.5. The first-order valence-corrected chi connectivity index (χ1v) is 6.54. The molecule has 0 radical (unpaired) electrons. The smallest absolute Gasteiger partial charge is 0.312 e. The van der Waals surface area contributed by atoms with Gasteiger partial charge in [0.05, 0.1) is 6.04 Å². The first kappa shape index (κ1) is 14.4. The summed E-state index contributed by atoms with van der Waals surface area (Å²) in [6.07, 6.45) is -0.977. The van der Waals surface area contributed by atoms with Crippen LogP contribution in [0.5, 0.6) is 0 Å². The lowest BCUT2D eigenvalue weighted by atomic mass is 9.79. The largest absolute Gasteiger partial charge is 0.435 e. The van der Waals surface area contributed by atoms with E-state index in [0.29, 0.717) is 5.92 Å². The second-order valence-electron chi connectivity index (χ2n) is 6.21. The summed E-state index contributed by atoms with van der Waals surface area (Å²) in [6.45, 7) is 7.05. The van der Waals surface area contributed by atoms with Crippen LogP contribution in [0.1, 0.15) is 45.3 Å². The van der Waals surface area contributed by atoms with Gasteiger partial charge in [0, 0.05) is 18.3 Å². The highest BCUT2D eigenvalue weighted by Gasteiger charge is 2.37. The van der Waals surface area contributed by atoms with Gasteiger partial charge in [0.25, 0.3) is 0 Å². The molecule has 19 heavy (non-hydrogen) atoms. The Kier molecular flexibility index (Phi) is 3.64. The third kappa shape index (κ3) is 3.49. The average molecular weight is 275 g/mol. The van der Waals surface area contributed by atoms with Crippen LogP contribution in [0, 0.1) is 5.92 Å². The molecular weight excluding hydrogens is 255 g/mol. The Labute approximate surface area is 111 Å². The Morgan fingerprint density at radius 1 is 1.32 bits per heavy atom. The zero-order chi connectivity index (χ0) is 14.3. The summed E-state index contributed by atoms with van der Waals surface area (Å²) in [4.78, 5) is 0. The van der Waals surface area contributed by atoms with E-state index >= 15 is 0 Å². The topological polar surface area (TPSA) is 29.9 Å². The molecule has 1 aromatic rings. The van der Waals surface area contributed by atoms with Crippen molar-refractivity contribution in [1.29, 1.82) is 0 Å². The Bertz CT molecular complexity index is 431. The lowest BCUT2D eigenvalue weighted by molar-refractivity contribution is -0.141. The molecule has 108 valence electrons. The molecule has 1 aromatic heterocycles. The van der Waals surface area contributed by atoms with Crippen LogP contribution in [0.25, 0.3) is 0 Å². The molecule has 0 bridgehead atoms. The van der Waals surface area contributed by atoms with Gasteiger partial charge in [-0.05, 0) is 45.6 Å². The van der Waals surface area contributed by atoms with Gasteiger partial charge in [0.1, 0.15) is 0 Å². The first-order chi connectivity index (χ1) is 8.67. The summed E-state index contributed by atoms with van der Waals surface area (Å²) in [5.41, 5.74) is -0.775. The molecule has 0 spiro atoms. The van der Waals surface area contributed by atoms with Crippen molar-refractivity contribution < 1.29 is 13.2 Å². The van der Waals surface area contributed by atoms with Crippen LogP contribution < -0.4 is 5.32 Å². The van der Waals surface area contributed by atoms with Crippen molar-refractivity contribution in [3.8, 4) is 0 Å². The summed E-state index contributed by atoms with van der Waals surface area (Å²) in [6, 6.07) is 1.14. The number of nitrogens with one attached hydrogen (secondary N) is 1. The molecule has 3 nitrogen and oxygen atoms in total. The van der Waals surface area contributed by atoms with Gasteiger partial charge in [-0.2, -0.15) is 18.3 Å². The molecule has 0 saturated heterocycles. The number of hydrogen-bond acceptors (Lipinski definition) is 2. The number of hydrogen-bond donors (Lipinski definition) is 1. The van der Waals surface area contributed by atoms with Crippen LogP contribution in [0.15, 0.2) is 12.3 Å². The minimum atomic E-state index is -4.35. The van der Waals surface area contributed by atoms with Crippen LogP contribution in [0.3, 0.4) is 0 Å². The average Bonchev–Trinajstić information content (AvgIpc) is 2.62. The van der Waals surface area contributed by atoms with E-state index in [-0.39, 0.29) is 11.6 Å². The normalized spacial score (nSPS) is 24.3. The number of aromatic nitrogens is 2. The van der Waals surface area contributed by atoms with Crippen molar-refractivity contribution >= 4 is 0 Å². The molecule has 0 aliphatic heterocycles. The molecule has 6 heteroatoms. The number of rotatable bonds is 3. The third-order valence-corrected chi connectivity index (χ3v) is 3.51. The van der Waals surface area contributed by atoms with Crippen LogP contribution in [-0.4, -0.2) is 21.9 Å². The van der Waals surface area contributed by atoms with Crippen LogP contribution >= 0.6 is 0 Å². The molecule has 1 aliphatic rings. The second kappa shape index (κ2) is 4.81. The zero-order valence-corrected chi connectivity index (χ0v) is 11.5. The van der Waals surface area contributed by atoms with E-state index in [1.54, 1.807) is 0 Å². The van der Waals surface area contributed by atoms with Crippen molar-refractivity contribution in [2.75, 3.05) is 6.54 Å². The Hall–Kier alpha value is -1.04. The van der Waals surface area contributed by atoms with Gasteiger partial charge in [-0.25, -0.2) is 0 Å². The number of halogens is 3. The van der Waals surface area contributed by atoms with Gasteiger partial charge in [-0.15, -0.1) is 0 Å². The van der Waals surface area contributed by atoms with Crippen LogP contribution in [0.4, 0.5) is 13.2 Å². The summed E-state index contributed by atoms with van der Waals surface area (Å²) >= 11 is 0. The van der Waals surface area contributed by atoms with Crippen molar-refractivity contribution in [3.63, 3.8) is 0 Å². The monoisotopic (exact) mass is 275 g/mol. The molecule has 2 rings (SSSR count). The predicted molar refractivity (Wildman–Crippen MR) is 66.7 cm³/mol. The van der Waals surface area contributed by atoms with Crippen LogP contribution in [-0.2, 0) is 6.18 Å². The minimum Gasteiger partial charge on any atom is -0.312 e. The highest BCUT2D eigenvalue weighted by molar-refractivity contribution is 5.05. The van der Waals surface area contributed by atoms with Crippen molar-refractivity contribution in [2.45, 2.75) is 51.4 Å². The molecule has 2 unspecified atom stereocenters. The van der Waals surface area contributed by atoms with Crippen molar-refractivity contribution in [3.05, 3.63) is 18.0 Å². The number of alkyl halides is 3.